The van der Waals surface area contributed by atoms with Crippen LogP contribution in [0.15, 0.2) is 30.7 Å². The zero-order valence-corrected chi connectivity index (χ0v) is 17.6. The molecule has 1 fully saturated rings. The van der Waals surface area contributed by atoms with Crippen molar-refractivity contribution in [3.05, 3.63) is 53.0 Å². The van der Waals surface area contributed by atoms with E-state index in [0.717, 1.165) is 54.4 Å². The van der Waals surface area contributed by atoms with Crippen LogP contribution in [0.2, 0.25) is 0 Å². The Morgan fingerprint density at radius 2 is 2.07 bits per heavy atom. The molecule has 8 heteroatoms. The summed E-state index contributed by atoms with van der Waals surface area (Å²) in [6.45, 7) is 6.70. The van der Waals surface area contributed by atoms with Gasteiger partial charge >= 0.3 is 0 Å². The number of carbonyl (C=O) groups excluding carboxylic acids is 2. The number of anilines is 2. The number of carbonyl (C=O) groups is 2. The number of nitrogens with two attached hydrogens (primary N) is 1. The lowest BCUT2D eigenvalue weighted by Gasteiger charge is -2.12. The van der Waals surface area contributed by atoms with E-state index in [1.807, 2.05) is 32.0 Å². The van der Waals surface area contributed by atoms with E-state index < -0.39 is 0 Å². The summed E-state index contributed by atoms with van der Waals surface area (Å²) in [5.74, 6) is 0.527. The minimum Gasteiger partial charge on any atom is -0.349 e. The molecular weight excluding hydrogens is 380 g/mol. The van der Waals surface area contributed by atoms with Gasteiger partial charge in [-0.3, -0.25) is 9.59 Å². The molecular formula is C22H28N6O2. The van der Waals surface area contributed by atoms with Gasteiger partial charge in [-0.15, -0.1) is 0 Å². The third kappa shape index (κ3) is 4.83. The Hall–Kier alpha value is -3.26. The van der Waals surface area contributed by atoms with E-state index in [2.05, 4.69) is 27.6 Å². The molecule has 0 unspecified atom stereocenters. The first-order valence-corrected chi connectivity index (χ1v) is 10.1. The van der Waals surface area contributed by atoms with Crippen LogP contribution < -0.4 is 16.4 Å². The highest BCUT2D eigenvalue weighted by molar-refractivity contribution is 5.96. The SMILES string of the molecule is CCCN.Cc1ccc(C(=O)NC2CC2)cc1Nc1ncnn2cc(C=O)c(C)c12. The number of rotatable bonds is 6. The maximum Gasteiger partial charge on any atom is 0.251 e. The van der Waals surface area contributed by atoms with Crippen molar-refractivity contribution in [2.45, 2.75) is 46.1 Å². The van der Waals surface area contributed by atoms with Gasteiger partial charge in [0.1, 0.15) is 11.8 Å². The second kappa shape index (κ2) is 9.49. The molecule has 4 N–H and O–H groups in total. The smallest absolute Gasteiger partial charge is 0.251 e. The molecule has 2 heterocycles. The molecule has 1 aromatic carbocycles. The number of hydrogen-bond acceptors (Lipinski definition) is 6. The Morgan fingerprint density at radius 1 is 1.33 bits per heavy atom. The topological polar surface area (TPSA) is 114 Å². The average Bonchev–Trinajstić information content (AvgIpc) is 3.50. The first-order valence-electron chi connectivity index (χ1n) is 10.1. The van der Waals surface area contributed by atoms with Crippen molar-refractivity contribution < 1.29 is 9.59 Å². The van der Waals surface area contributed by atoms with Crippen LogP contribution in [0.4, 0.5) is 11.5 Å². The van der Waals surface area contributed by atoms with Crippen LogP contribution in [0.5, 0.6) is 0 Å². The van der Waals surface area contributed by atoms with E-state index in [1.54, 1.807) is 10.7 Å². The quantitative estimate of drug-likeness (QED) is 0.540. The zero-order valence-electron chi connectivity index (χ0n) is 17.6. The number of nitrogens with one attached hydrogen (secondary N) is 2. The van der Waals surface area contributed by atoms with Gasteiger partial charge in [0.15, 0.2) is 12.1 Å². The Balaban J connectivity index is 0.000000589. The maximum absolute atomic E-state index is 12.3. The highest BCUT2D eigenvalue weighted by atomic mass is 16.1. The summed E-state index contributed by atoms with van der Waals surface area (Å²) in [6.07, 6.45) is 7.11. The maximum atomic E-state index is 12.3. The molecule has 8 nitrogen and oxygen atoms in total. The van der Waals surface area contributed by atoms with E-state index in [0.29, 0.717) is 23.0 Å². The third-order valence-corrected chi connectivity index (χ3v) is 4.95. The number of nitrogens with zero attached hydrogens (tertiary/aromatic N) is 3. The van der Waals surface area contributed by atoms with E-state index in [9.17, 15) is 9.59 Å². The van der Waals surface area contributed by atoms with Crippen molar-refractivity contribution >= 4 is 29.2 Å². The molecule has 2 aromatic heterocycles. The Labute approximate surface area is 175 Å². The van der Waals surface area contributed by atoms with Crippen LogP contribution >= 0.6 is 0 Å². The van der Waals surface area contributed by atoms with Crippen LogP contribution in [0.1, 0.15) is 58.0 Å². The third-order valence-electron chi connectivity index (χ3n) is 4.95. The fraction of sp³-hybridized carbons (Fsp3) is 0.364. The van der Waals surface area contributed by atoms with Crippen molar-refractivity contribution in [3.8, 4) is 0 Å². The first kappa shape index (κ1) is 21.4. The number of fused-ring (bicyclic) bond motifs is 1. The molecule has 3 aromatic rings. The largest absolute Gasteiger partial charge is 0.349 e. The minimum absolute atomic E-state index is 0.0644. The molecule has 1 aliphatic carbocycles. The molecule has 0 spiro atoms. The molecule has 0 atom stereocenters. The highest BCUT2D eigenvalue weighted by Crippen LogP contribution is 2.27. The lowest BCUT2D eigenvalue weighted by atomic mass is 10.1. The van der Waals surface area contributed by atoms with Gasteiger partial charge in [0.25, 0.3) is 5.91 Å². The van der Waals surface area contributed by atoms with Gasteiger partial charge in [-0.05, 0) is 62.9 Å². The predicted molar refractivity (Wildman–Crippen MR) is 117 cm³/mol. The fourth-order valence-electron chi connectivity index (χ4n) is 2.91. The van der Waals surface area contributed by atoms with Crippen LogP contribution in [-0.4, -0.2) is 39.4 Å². The first-order chi connectivity index (χ1) is 14.5. The van der Waals surface area contributed by atoms with E-state index in [-0.39, 0.29) is 5.91 Å². The Morgan fingerprint density at radius 3 is 2.70 bits per heavy atom. The second-order valence-electron chi connectivity index (χ2n) is 7.42. The lowest BCUT2D eigenvalue weighted by Crippen LogP contribution is -2.25. The highest BCUT2D eigenvalue weighted by Gasteiger charge is 2.24. The molecule has 1 aliphatic rings. The van der Waals surface area contributed by atoms with Gasteiger partial charge in [0.2, 0.25) is 0 Å². The van der Waals surface area contributed by atoms with Gasteiger partial charge in [-0.25, -0.2) is 9.50 Å². The summed E-state index contributed by atoms with van der Waals surface area (Å²) < 4.78 is 1.63. The van der Waals surface area contributed by atoms with E-state index in [1.165, 1.54) is 6.33 Å². The fourth-order valence-corrected chi connectivity index (χ4v) is 2.91. The van der Waals surface area contributed by atoms with Gasteiger partial charge in [0.05, 0.1) is 0 Å². The average molecular weight is 409 g/mol. The van der Waals surface area contributed by atoms with Crippen molar-refractivity contribution in [1.82, 2.24) is 19.9 Å². The standard InChI is InChI=1S/C19H19N5O2.C3H9N/c1-11-3-4-13(19(26)22-15-5-6-15)7-16(11)23-18-17-12(2)14(9-25)8-24(17)21-10-20-18;1-2-3-4/h3-4,7-10,15H,5-6H2,1-2H3,(H,22,26)(H,20,21,23);2-4H2,1H3. The summed E-state index contributed by atoms with van der Waals surface area (Å²) in [4.78, 5) is 27.8. The molecule has 0 saturated heterocycles. The summed E-state index contributed by atoms with van der Waals surface area (Å²) in [7, 11) is 0. The molecule has 1 amide bonds. The number of aryl methyl sites for hydroxylation is 2. The second-order valence-corrected chi connectivity index (χ2v) is 7.42. The minimum atomic E-state index is -0.0644. The van der Waals surface area contributed by atoms with E-state index in [4.69, 9.17) is 5.73 Å². The van der Waals surface area contributed by atoms with Crippen molar-refractivity contribution in [3.63, 3.8) is 0 Å². The summed E-state index contributed by atoms with van der Waals surface area (Å²) in [5, 5.41) is 10.4. The molecule has 158 valence electrons. The summed E-state index contributed by atoms with van der Waals surface area (Å²) in [6, 6.07) is 5.86. The number of benzene rings is 1. The Bertz CT molecular complexity index is 1050. The molecule has 0 radical (unpaired) electrons. The number of amides is 1. The Kier molecular flexibility index (Phi) is 6.79. The summed E-state index contributed by atoms with van der Waals surface area (Å²) >= 11 is 0. The van der Waals surface area contributed by atoms with E-state index >= 15 is 0 Å². The molecule has 0 aliphatic heterocycles. The zero-order chi connectivity index (χ0) is 21.7. The van der Waals surface area contributed by atoms with Gasteiger partial charge in [-0.2, -0.15) is 5.10 Å². The van der Waals surface area contributed by atoms with Gasteiger partial charge < -0.3 is 16.4 Å². The van der Waals surface area contributed by atoms with Crippen molar-refractivity contribution in [2.24, 2.45) is 5.73 Å². The van der Waals surface area contributed by atoms with Gasteiger partial charge in [-0.1, -0.05) is 13.0 Å². The van der Waals surface area contributed by atoms with Crippen LogP contribution in [-0.2, 0) is 0 Å². The predicted octanol–water partition coefficient (Wildman–Crippen LogP) is 3.15. The molecule has 1 saturated carbocycles. The lowest BCUT2D eigenvalue weighted by molar-refractivity contribution is 0.0950. The van der Waals surface area contributed by atoms with Crippen LogP contribution in [0.25, 0.3) is 5.52 Å². The van der Waals surface area contributed by atoms with Crippen molar-refractivity contribution in [1.29, 1.82) is 0 Å². The molecule has 4 rings (SSSR count). The van der Waals surface area contributed by atoms with Crippen LogP contribution in [0, 0.1) is 13.8 Å². The molecule has 0 bridgehead atoms. The number of aldehydes is 1. The normalized spacial score (nSPS) is 12.8. The summed E-state index contributed by atoms with van der Waals surface area (Å²) in [5.41, 5.74) is 9.54. The van der Waals surface area contributed by atoms with Gasteiger partial charge in [0, 0.05) is 29.1 Å². The number of aromatic nitrogens is 3. The number of hydrogen-bond donors (Lipinski definition) is 3. The monoisotopic (exact) mass is 408 g/mol. The van der Waals surface area contributed by atoms with Crippen LogP contribution in [0.3, 0.4) is 0 Å². The van der Waals surface area contributed by atoms with Crippen molar-refractivity contribution in [2.75, 3.05) is 11.9 Å². The molecule has 30 heavy (non-hydrogen) atoms.